The summed E-state index contributed by atoms with van der Waals surface area (Å²) in [5.74, 6) is -1.67. The molecular formula is C21H19F3N4. The van der Waals surface area contributed by atoms with Crippen molar-refractivity contribution in [3.63, 3.8) is 0 Å². The summed E-state index contributed by atoms with van der Waals surface area (Å²) in [6.45, 7) is 1.24. The van der Waals surface area contributed by atoms with Gasteiger partial charge in [-0.3, -0.25) is 0 Å². The summed E-state index contributed by atoms with van der Waals surface area (Å²) in [6.07, 6.45) is 0.560. The quantitative estimate of drug-likeness (QED) is 0.723. The molecule has 2 N–H and O–H groups in total. The molecule has 0 aliphatic carbocycles. The lowest BCUT2D eigenvalue weighted by Crippen LogP contribution is -2.17. The molecule has 0 bridgehead atoms. The van der Waals surface area contributed by atoms with Gasteiger partial charge in [0.2, 0.25) is 0 Å². The predicted molar refractivity (Wildman–Crippen MR) is 101 cm³/mol. The van der Waals surface area contributed by atoms with E-state index in [9.17, 15) is 13.2 Å². The first kappa shape index (κ1) is 18.4. The molecule has 4 rings (SSSR count). The van der Waals surface area contributed by atoms with Crippen molar-refractivity contribution < 1.29 is 13.2 Å². The van der Waals surface area contributed by atoms with Crippen molar-refractivity contribution in [3.8, 4) is 11.3 Å². The number of fused-ring (bicyclic) bond motifs is 1. The van der Waals surface area contributed by atoms with Gasteiger partial charge in [0, 0.05) is 18.0 Å². The number of hydrogen-bond acceptors (Lipinski definition) is 4. The summed E-state index contributed by atoms with van der Waals surface area (Å²) < 4.78 is 43.2. The molecule has 1 aromatic heterocycles. The lowest BCUT2D eigenvalue weighted by molar-refractivity contribution is 0.327. The number of aromatic nitrogens is 2. The van der Waals surface area contributed by atoms with Gasteiger partial charge >= 0.3 is 0 Å². The Kier molecular flexibility index (Phi) is 4.77. The van der Waals surface area contributed by atoms with Crippen molar-refractivity contribution in [1.82, 2.24) is 15.1 Å². The maximum absolute atomic E-state index is 15.0. The Morgan fingerprint density at radius 3 is 2.54 bits per heavy atom. The molecule has 1 aliphatic heterocycles. The van der Waals surface area contributed by atoms with E-state index < -0.39 is 23.4 Å². The second-order valence-electron chi connectivity index (χ2n) is 7.12. The Hall–Kier alpha value is -2.93. The first-order valence-corrected chi connectivity index (χ1v) is 8.98. The third kappa shape index (κ3) is 3.45. The molecule has 4 nitrogen and oxygen atoms in total. The molecular weight excluding hydrogens is 365 g/mol. The molecule has 1 atom stereocenters. The van der Waals surface area contributed by atoms with E-state index >= 15 is 0 Å². The summed E-state index contributed by atoms with van der Waals surface area (Å²) in [6, 6.07) is 9.71. The van der Waals surface area contributed by atoms with Gasteiger partial charge < -0.3 is 10.6 Å². The van der Waals surface area contributed by atoms with E-state index in [1.165, 1.54) is 12.1 Å². The van der Waals surface area contributed by atoms with Gasteiger partial charge in [-0.2, -0.15) is 0 Å². The van der Waals surface area contributed by atoms with Gasteiger partial charge in [0.15, 0.2) is 0 Å². The summed E-state index contributed by atoms with van der Waals surface area (Å²) in [5, 5.41) is 7.75. The number of nitrogen functional groups attached to an aromatic ring is 1. The highest BCUT2D eigenvalue weighted by atomic mass is 19.1. The summed E-state index contributed by atoms with van der Waals surface area (Å²) in [4.78, 5) is 2.08. The van der Waals surface area contributed by atoms with Crippen LogP contribution in [-0.2, 0) is 6.54 Å². The van der Waals surface area contributed by atoms with E-state index in [1.807, 2.05) is 7.05 Å². The van der Waals surface area contributed by atoms with Crippen molar-refractivity contribution in [1.29, 1.82) is 0 Å². The largest absolute Gasteiger partial charge is 0.382 e. The summed E-state index contributed by atoms with van der Waals surface area (Å²) >= 11 is 0. The summed E-state index contributed by atoms with van der Waals surface area (Å²) in [7, 11) is 1.94. The van der Waals surface area contributed by atoms with E-state index in [0.29, 0.717) is 36.3 Å². The number of rotatable bonds is 2. The van der Waals surface area contributed by atoms with E-state index in [4.69, 9.17) is 5.73 Å². The Bertz CT molecular complexity index is 1020. The van der Waals surface area contributed by atoms with Crippen molar-refractivity contribution in [3.05, 3.63) is 76.6 Å². The zero-order valence-electron chi connectivity index (χ0n) is 15.3. The van der Waals surface area contributed by atoms with Crippen LogP contribution in [0, 0.1) is 17.5 Å². The molecule has 28 heavy (non-hydrogen) atoms. The Balaban J connectivity index is 1.86. The molecule has 1 unspecified atom stereocenters. The van der Waals surface area contributed by atoms with Crippen molar-refractivity contribution in [2.75, 3.05) is 19.3 Å². The number of anilines is 1. The lowest BCUT2D eigenvalue weighted by atomic mass is 9.85. The molecule has 0 saturated carbocycles. The van der Waals surface area contributed by atoms with Crippen LogP contribution in [0.3, 0.4) is 0 Å². The third-order valence-electron chi connectivity index (χ3n) is 5.14. The van der Waals surface area contributed by atoms with Crippen LogP contribution >= 0.6 is 0 Å². The van der Waals surface area contributed by atoms with Crippen molar-refractivity contribution in [2.24, 2.45) is 0 Å². The topological polar surface area (TPSA) is 55.0 Å². The molecule has 1 aliphatic rings. The first-order valence-electron chi connectivity index (χ1n) is 8.98. The van der Waals surface area contributed by atoms with E-state index in [0.717, 1.165) is 17.7 Å². The SMILES string of the molecule is CN1CCC(c2cc(F)ccc2F)c2cc(F)c(-c3ccc(N)nn3)cc2C1. The number of benzene rings is 2. The number of halogens is 3. The zero-order chi connectivity index (χ0) is 19.8. The van der Waals surface area contributed by atoms with Crippen LogP contribution < -0.4 is 5.73 Å². The highest BCUT2D eigenvalue weighted by molar-refractivity contribution is 5.63. The van der Waals surface area contributed by atoms with E-state index in [2.05, 4.69) is 15.1 Å². The molecule has 7 heteroatoms. The predicted octanol–water partition coefficient (Wildman–Crippen LogP) is 4.11. The highest BCUT2D eigenvalue weighted by Gasteiger charge is 2.27. The van der Waals surface area contributed by atoms with Crippen LogP contribution in [0.2, 0.25) is 0 Å². The number of nitrogens with two attached hydrogens (primary N) is 1. The Morgan fingerprint density at radius 1 is 0.964 bits per heavy atom. The monoisotopic (exact) mass is 384 g/mol. The normalized spacial score (nSPS) is 17.2. The fourth-order valence-electron chi connectivity index (χ4n) is 3.76. The highest BCUT2D eigenvalue weighted by Crippen LogP contribution is 2.38. The van der Waals surface area contributed by atoms with Crippen LogP contribution in [-0.4, -0.2) is 28.7 Å². The van der Waals surface area contributed by atoms with Crippen LogP contribution in [0.15, 0.2) is 42.5 Å². The van der Waals surface area contributed by atoms with Crippen molar-refractivity contribution in [2.45, 2.75) is 18.9 Å². The lowest BCUT2D eigenvalue weighted by Gasteiger charge is -2.20. The molecule has 0 saturated heterocycles. The van der Waals surface area contributed by atoms with Crippen molar-refractivity contribution >= 4 is 5.82 Å². The maximum atomic E-state index is 15.0. The molecule has 0 amide bonds. The number of hydrogen-bond donors (Lipinski definition) is 1. The van der Waals surface area contributed by atoms with Gasteiger partial charge in [-0.15, -0.1) is 10.2 Å². The smallest absolute Gasteiger partial charge is 0.146 e. The van der Waals surface area contributed by atoms with Crippen LogP contribution in [0.1, 0.15) is 29.0 Å². The van der Waals surface area contributed by atoms with Gasteiger partial charge in [0.25, 0.3) is 0 Å². The van der Waals surface area contributed by atoms with Gasteiger partial charge in [0.05, 0.1) is 5.69 Å². The third-order valence-corrected chi connectivity index (χ3v) is 5.14. The van der Waals surface area contributed by atoms with Crippen LogP contribution in [0.25, 0.3) is 11.3 Å². The fraction of sp³-hybridized carbons (Fsp3) is 0.238. The van der Waals surface area contributed by atoms with Gasteiger partial charge in [-0.1, -0.05) is 0 Å². The minimum atomic E-state index is -0.509. The molecule has 3 aromatic rings. The standard InChI is InChI=1S/C21H19F3N4/c1-28-7-6-14(16-9-13(22)2-3-18(16)23)15-10-19(24)17(8-12(15)11-28)20-4-5-21(25)27-26-20/h2-5,8-10,14H,6-7,11H2,1H3,(H2,25,27). The summed E-state index contributed by atoms with van der Waals surface area (Å²) in [5.41, 5.74) is 8.00. The minimum Gasteiger partial charge on any atom is -0.382 e. The zero-order valence-corrected chi connectivity index (χ0v) is 15.3. The molecule has 2 aromatic carbocycles. The molecule has 144 valence electrons. The molecule has 0 fully saturated rings. The maximum Gasteiger partial charge on any atom is 0.146 e. The van der Waals surface area contributed by atoms with Crippen LogP contribution in [0.4, 0.5) is 19.0 Å². The average molecular weight is 384 g/mol. The Morgan fingerprint density at radius 2 is 1.79 bits per heavy atom. The first-order chi connectivity index (χ1) is 13.4. The van der Waals surface area contributed by atoms with Gasteiger partial charge in [0.1, 0.15) is 23.3 Å². The molecule has 2 heterocycles. The van der Waals surface area contributed by atoms with Gasteiger partial charge in [-0.25, -0.2) is 13.2 Å². The van der Waals surface area contributed by atoms with Crippen LogP contribution in [0.5, 0.6) is 0 Å². The van der Waals surface area contributed by atoms with Gasteiger partial charge in [-0.05, 0) is 79.2 Å². The minimum absolute atomic E-state index is 0.246. The fourth-order valence-corrected chi connectivity index (χ4v) is 3.76. The Labute approximate surface area is 160 Å². The number of nitrogens with zero attached hydrogens (tertiary/aromatic N) is 3. The second kappa shape index (κ2) is 7.24. The molecule has 0 radical (unpaired) electrons. The second-order valence-corrected chi connectivity index (χ2v) is 7.12. The van der Waals surface area contributed by atoms with E-state index in [-0.39, 0.29) is 11.4 Å². The molecule has 0 spiro atoms. The van der Waals surface area contributed by atoms with E-state index in [1.54, 1.807) is 18.2 Å². The average Bonchev–Trinajstić information content (AvgIpc) is 2.82.